The first kappa shape index (κ1) is 89.6. The number of nitrogens with zero attached hydrogens (tertiary/aromatic N) is 9. The lowest BCUT2D eigenvalue weighted by Crippen LogP contribution is -2.44. The van der Waals surface area contributed by atoms with E-state index in [-0.39, 0.29) is 57.5 Å². The van der Waals surface area contributed by atoms with E-state index in [0.29, 0.717) is 104 Å². The number of anilines is 10. The molecule has 0 atom stereocenters. The molecule has 15 N–H and O–H groups in total. The summed E-state index contributed by atoms with van der Waals surface area (Å²) in [6, 6.07) is 45.9. The molecule has 16 rings (SSSR count). The first-order valence-electron chi connectivity index (χ1n) is 42.0. The molecule has 34 nitrogen and oxygen atoms in total. The maximum Gasteiger partial charge on any atom is 0.271 e. The number of hydrogen-bond donors (Lipinski definition) is 15. The Hall–Kier alpha value is -15.2. The van der Waals surface area contributed by atoms with E-state index in [9.17, 15) is 38.4 Å². The molecule has 0 unspecified atom stereocenters. The minimum atomic E-state index is -0.422. The van der Waals surface area contributed by atoms with Crippen LogP contribution in [0.4, 0.5) is 63.0 Å². The molecule has 12 aromatic rings. The Bertz CT molecular complexity index is 6040. The molecule has 0 radical (unpaired) electrons. The summed E-state index contributed by atoms with van der Waals surface area (Å²) in [5, 5.41) is 32.6. The van der Waals surface area contributed by atoms with Crippen LogP contribution in [-0.4, -0.2) is 200 Å². The van der Waals surface area contributed by atoms with Crippen LogP contribution in [0, 0.1) is 12.5 Å². The number of carbonyl (C=O) groups is 4. The van der Waals surface area contributed by atoms with Gasteiger partial charge in [0, 0.05) is 199 Å². The van der Waals surface area contributed by atoms with E-state index < -0.39 is 11.1 Å². The van der Waals surface area contributed by atoms with Crippen molar-refractivity contribution in [3.8, 4) is 56.4 Å². The number of aromatic amines is 4. The first-order chi connectivity index (χ1) is 61.9. The third-order valence-corrected chi connectivity index (χ3v) is 21.5. The molecular formula is C93H102N24O10. The average molecular weight is 1720 g/mol. The Labute approximate surface area is 732 Å². The summed E-state index contributed by atoms with van der Waals surface area (Å²) in [4.78, 5) is 143. The Kier molecular flexibility index (Phi) is 31.6. The van der Waals surface area contributed by atoms with Gasteiger partial charge in [-0.1, -0.05) is 6.07 Å². The molecule has 127 heavy (non-hydrogen) atoms. The van der Waals surface area contributed by atoms with E-state index in [1.807, 2.05) is 55.6 Å². The van der Waals surface area contributed by atoms with Crippen molar-refractivity contribution in [1.29, 1.82) is 0 Å². The normalized spacial score (nSPS) is 13.8. The van der Waals surface area contributed by atoms with E-state index in [4.69, 9.17) is 16.0 Å². The number of pyridine rings is 7. The lowest BCUT2D eigenvalue weighted by Gasteiger charge is -2.29. The van der Waals surface area contributed by atoms with Crippen molar-refractivity contribution in [3.05, 3.63) is 282 Å². The van der Waals surface area contributed by atoms with Crippen LogP contribution in [0.5, 0.6) is 11.5 Å². The van der Waals surface area contributed by atoms with Crippen LogP contribution in [0.1, 0.15) is 73.5 Å². The largest absolute Gasteiger partial charge is 0.493 e. The third-order valence-electron chi connectivity index (χ3n) is 21.5. The van der Waals surface area contributed by atoms with Gasteiger partial charge in [-0.15, -0.1) is 0 Å². The Morgan fingerprint density at radius 1 is 0.417 bits per heavy atom. The second-order valence-corrected chi connectivity index (χ2v) is 30.1. The molecule has 12 heterocycles. The number of hydrogen-bond acceptors (Lipinski definition) is 25. The van der Waals surface area contributed by atoms with Crippen LogP contribution in [-0.2, 0) is 0 Å². The van der Waals surface area contributed by atoms with Crippen molar-refractivity contribution < 1.29 is 28.7 Å². The van der Waals surface area contributed by atoms with Gasteiger partial charge in [0.1, 0.15) is 58.3 Å². The van der Waals surface area contributed by atoms with E-state index >= 15 is 0 Å². The van der Waals surface area contributed by atoms with Gasteiger partial charge in [-0.25, -0.2) is 19.8 Å². The summed E-state index contributed by atoms with van der Waals surface area (Å²) in [7, 11) is 7.06. The minimum Gasteiger partial charge on any atom is -0.493 e. The molecule has 4 aliphatic heterocycles. The predicted octanol–water partition coefficient (Wildman–Crippen LogP) is 10.9. The van der Waals surface area contributed by atoms with Gasteiger partial charge in [0.05, 0.1) is 48.3 Å². The number of benzene rings is 4. The molecular weight excluding hydrogens is 1610 g/mol. The van der Waals surface area contributed by atoms with Crippen LogP contribution in [0.25, 0.3) is 49.7 Å². The van der Waals surface area contributed by atoms with Crippen molar-refractivity contribution in [2.75, 3.05) is 179 Å². The molecule has 4 aliphatic rings. The molecule has 0 bridgehead atoms. The van der Waals surface area contributed by atoms with Gasteiger partial charge in [-0.05, 0) is 203 Å². The number of ether oxygens (including phenoxy) is 2. The maximum absolute atomic E-state index is 12.7. The number of piperidine rings is 2. The number of amides is 4. The molecule has 4 fully saturated rings. The van der Waals surface area contributed by atoms with E-state index in [1.165, 1.54) is 31.7 Å². The van der Waals surface area contributed by atoms with Gasteiger partial charge in [0.2, 0.25) is 0 Å². The quantitative estimate of drug-likeness (QED) is 0.0236. The summed E-state index contributed by atoms with van der Waals surface area (Å²) in [5.74, 6) is 2.38. The highest BCUT2D eigenvalue weighted by Crippen LogP contribution is 2.30. The number of H-pyrrole nitrogens is 4. The molecule has 654 valence electrons. The second-order valence-electron chi connectivity index (χ2n) is 30.1. The molecule has 8 aromatic heterocycles. The highest BCUT2D eigenvalue weighted by molar-refractivity contribution is 6.07. The van der Waals surface area contributed by atoms with Crippen LogP contribution in [0.15, 0.2) is 226 Å². The van der Waals surface area contributed by atoms with Crippen LogP contribution >= 0.6 is 0 Å². The number of carbonyl (C=O) groups excluding carboxylic acids is 4. The maximum atomic E-state index is 12.7. The Morgan fingerprint density at radius 3 is 1.37 bits per heavy atom. The smallest absolute Gasteiger partial charge is 0.271 e. The number of nitrogens with one attached hydrogen (secondary N) is 15. The van der Waals surface area contributed by atoms with Gasteiger partial charge in [-0.2, -0.15) is 0 Å². The molecule has 4 amide bonds. The summed E-state index contributed by atoms with van der Waals surface area (Å²) in [6.07, 6.45) is 18.7. The van der Waals surface area contributed by atoms with Crippen molar-refractivity contribution in [1.82, 2.24) is 65.7 Å². The van der Waals surface area contributed by atoms with E-state index in [0.717, 1.165) is 132 Å². The number of piperazine rings is 2. The fraction of sp³-hybridized carbons (Fsp3) is 0.269. The van der Waals surface area contributed by atoms with Gasteiger partial charge >= 0.3 is 0 Å². The van der Waals surface area contributed by atoms with Crippen LogP contribution in [0.3, 0.4) is 0 Å². The Balaban J connectivity index is 0.000000145. The molecule has 34 heteroatoms. The monoisotopic (exact) mass is 1710 g/mol. The van der Waals surface area contributed by atoms with Crippen molar-refractivity contribution in [2.45, 2.75) is 32.1 Å². The zero-order valence-corrected chi connectivity index (χ0v) is 71.0. The topological polar surface area (TPSA) is 429 Å². The fourth-order valence-corrected chi connectivity index (χ4v) is 14.3. The molecule has 0 saturated carbocycles. The predicted molar refractivity (Wildman–Crippen MR) is 498 cm³/mol. The van der Waals surface area contributed by atoms with Crippen molar-refractivity contribution in [3.63, 3.8) is 0 Å². The van der Waals surface area contributed by atoms with Crippen molar-refractivity contribution in [2.24, 2.45) is 5.92 Å². The SMILES string of the molecule is CNc1cccc(-c2c[nH]c(=O)c(NC(=O)c3ccc(OCC4CCNCC4)cc3)c2)n1.CNc1cncc(-c2c[nH]c(=O)c(NC(=O)c3ccc(N4CCCCC4)cc3)c2)c1.CNc1cncc(-c2c[nH]c(=O)c(NC(=O)c3ccc(OCCN4CCNCC4)cc3)c2)n1.[C-]#[N+]c1cc(NC)nc(-c2c[nH]c(=O)c(NC(=O)c3ccc(N4CCNCC4)cc3)c2)c1. The summed E-state index contributed by atoms with van der Waals surface area (Å²) in [6.45, 7) is 21.3. The Morgan fingerprint density at radius 2 is 0.858 bits per heavy atom. The lowest BCUT2D eigenvalue weighted by molar-refractivity contribution is 0.101. The highest BCUT2D eigenvalue weighted by Gasteiger charge is 2.21. The average Bonchev–Trinajstić information content (AvgIpc) is 0.830. The summed E-state index contributed by atoms with van der Waals surface area (Å²) >= 11 is 0. The van der Waals surface area contributed by atoms with E-state index in [1.54, 1.807) is 168 Å². The van der Waals surface area contributed by atoms with Crippen LogP contribution < -0.4 is 100.0 Å². The van der Waals surface area contributed by atoms with Crippen molar-refractivity contribution >= 4 is 86.6 Å². The van der Waals surface area contributed by atoms with Gasteiger partial charge in [0.15, 0.2) is 5.69 Å². The fourth-order valence-electron chi connectivity index (χ4n) is 14.3. The minimum absolute atomic E-state index is 0.111. The molecule has 0 aliphatic carbocycles. The third kappa shape index (κ3) is 25.3. The number of aromatic nitrogens is 9. The lowest BCUT2D eigenvalue weighted by atomic mass is 9.99. The zero-order chi connectivity index (χ0) is 88.8. The second kappa shape index (κ2) is 44.7. The molecule has 0 spiro atoms. The standard InChI is InChI=1S/C24H27N5O3.C23H27N7O3.C23H23N7O2.C23H25N5O2/c1-25-22-4-2-3-20(28-22)18-13-21(24(31)27-14-18)29-23(30)17-5-7-19(8-6-17)32-15-16-9-11-26-12-10-16;1-24-21-15-26-14-20(28-21)17-12-19(23(32)27-13-17)29-22(31)16-2-4-18(5-3-16)33-11-10-30-8-6-25-7-9-30;1-24-17-12-19(28-21(13-17)25-2)16-11-20(23(32)27-14-16)29-22(31)15-3-5-18(6-4-15)30-9-7-26-8-10-30;1-24-19-11-17(13-25-15-19)18-12-21(23(30)26-14-18)27-22(29)16-5-7-20(8-6-16)28-9-3-2-4-10-28/h2-8,13-14,16,26H,9-12,15H2,1H3,(H,25,28)(H,27,31)(H,29,30);2-5,12-15,25H,6-11H2,1H3,(H,24,28)(H,27,32)(H,29,31);3-6,11-14,26H,7-10H2,2H3,(H,25,28)(H,27,32)(H,29,31);5-8,11-15,24H,2-4,9-10H2,1H3,(H,26,30)(H,27,29). The molecule has 4 saturated heterocycles. The van der Waals surface area contributed by atoms with Crippen LogP contribution in [0.2, 0.25) is 0 Å². The zero-order valence-electron chi connectivity index (χ0n) is 71.0. The van der Waals surface area contributed by atoms with Gasteiger partial charge < -0.3 is 97.7 Å². The number of rotatable bonds is 25. The highest BCUT2D eigenvalue weighted by atomic mass is 16.5. The van der Waals surface area contributed by atoms with E-state index in [2.05, 4.69) is 123 Å². The summed E-state index contributed by atoms with van der Waals surface area (Å²) < 4.78 is 11.7. The molecule has 4 aromatic carbocycles. The van der Waals surface area contributed by atoms with Gasteiger partial charge in [-0.3, -0.25) is 53.2 Å². The van der Waals surface area contributed by atoms with Gasteiger partial charge in [0.25, 0.3) is 45.9 Å². The summed E-state index contributed by atoms with van der Waals surface area (Å²) in [5.41, 5.74) is 9.60. The first-order valence-corrected chi connectivity index (χ1v) is 42.0.